The van der Waals surface area contributed by atoms with Crippen LogP contribution in [0.1, 0.15) is 0 Å². The lowest BCUT2D eigenvalue weighted by atomic mass is 10.1. The highest BCUT2D eigenvalue weighted by Gasteiger charge is 2.18. The Morgan fingerprint density at radius 1 is 0.882 bits per heavy atom. The number of pyridine rings is 1. The van der Waals surface area contributed by atoms with Gasteiger partial charge in [0.1, 0.15) is 5.69 Å². The van der Waals surface area contributed by atoms with Crippen LogP contribution in [0.2, 0.25) is 0 Å². The quantitative estimate of drug-likeness (QED) is 0.291. The van der Waals surface area contributed by atoms with Crippen molar-refractivity contribution >= 4 is 27.0 Å². The number of rotatable bonds is 6. The van der Waals surface area contributed by atoms with E-state index in [9.17, 15) is 18.5 Å². The van der Waals surface area contributed by atoms with Gasteiger partial charge >= 0.3 is 0 Å². The average Bonchev–Trinajstić information content (AvgIpc) is 3.28. The zero-order valence-corrected chi connectivity index (χ0v) is 18.1. The monoisotopic (exact) mass is 473 g/mol. The maximum atomic E-state index is 12.7. The van der Waals surface area contributed by atoms with Crippen LogP contribution >= 0.6 is 0 Å². The molecular weight excluding hydrogens is 458 g/mol. The van der Waals surface area contributed by atoms with E-state index in [0.29, 0.717) is 28.5 Å². The highest BCUT2D eigenvalue weighted by molar-refractivity contribution is 7.92. The Labute approximate surface area is 192 Å². The van der Waals surface area contributed by atoms with Gasteiger partial charge < -0.3 is 0 Å². The molecule has 0 unspecified atom stereocenters. The topological polar surface area (TPSA) is 145 Å². The average molecular weight is 473 g/mol. The Morgan fingerprint density at radius 2 is 1.71 bits per heavy atom. The molecule has 0 aliphatic rings. The summed E-state index contributed by atoms with van der Waals surface area (Å²) < 4.78 is 29.3. The fourth-order valence-electron chi connectivity index (χ4n) is 3.28. The Kier molecular flexibility index (Phi) is 5.18. The Balaban J connectivity index is 1.42. The fraction of sp³-hybridized carbons (Fsp3) is 0. The van der Waals surface area contributed by atoms with Gasteiger partial charge in [0.25, 0.3) is 15.7 Å². The maximum absolute atomic E-state index is 12.7. The largest absolute Gasteiger partial charge is 0.280 e. The van der Waals surface area contributed by atoms with Crippen molar-refractivity contribution in [1.29, 1.82) is 0 Å². The second-order valence-electron chi connectivity index (χ2n) is 7.16. The molecule has 0 saturated carbocycles. The summed E-state index contributed by atoms with van der Waals surface area (Å²) in [5.41, 5.74) is 2.54. The van der Waals surface area contributed by atoms with Crippen LogP contribution in [0, 0.1) is 10.1 Å². The molecule has 5 aromatic rings. The number of hydrogen-bond acceptors (Lipinski definition) is 8. The minimum absolute atomic E-state index is 0.201. The molecule has 12 heteroatoms. The summed E-state index contributed by atoms with van der Waals surface area (Å²) in [6.45, 7) is 0. The van der Waals surface area contributed by atoms with Gasteiger partial charge in [-0.05, 0) is 42.5 Å². The number of nitro groups is 1. The molecule has 0 radical (unpaired) electrons. The van der Waals surface area contributed by atoms with Crippen LogP contribution in [0.4, 0.5) is 11.4 Å². The molecule has 34 heavy (non-hydrogen) atoms. The summed E-state index contributed by atoms with van der Waals surface area (Å²) >= 11 is 0. The van der Waals surface area contributed by atoms with E-state index in [2.05, 4.69) is 25.0 Å². The first kappa shape index (κ1) is 21.2. The van der Waals surface area contributed by atoms with Crippen molar-refractivity contribution in [3.63, 3.8) is 0 Å². The molecule has 0 amide bonds. The van der Waals surface area contributed by atoms with Gasteiger partial charge in [-0.1, -0.05) is 24.3 Å². The minimum atomic E-state index is -4.00. The molecule has 5 rings (SSSR count). The number of sulfonamides is 1. The van der Waals surface area contributed by atoms with Crippen molar-refractivity contribution in [2.24, 2.45) is 0 Å². The summed E-state index contributed by atoms with van der Waals surface area (Å²) in [5, 5.41) is 23.8. The molecule has 0 saturated heterocycles. The molecule has 0 aliphatic heterocycles. The summed E-state index contributed by atoms with van der Waals surface area (Å²) in [7, 11) is -4.00. The van der Waals surface area contributed by atoms with Crippen LogP contribution < -0.4 is 4.72 Å². The van der Waals surface area contributed by atoms with Gasteiger partial charge in [0.05, 0.1) is 15.5 Å². The lowest BCUT2D eigenvalue weighted by Gasteiger charge is -2.09. The van der Waals surface area contributed by atoms with Gasteiger partial charge in [-0.25, -0.2) is 8.42 Å². The highest BCUT2D eigenvalue weighted by Crippen LogP contribution is 2.24. The Hall–Kier alpha value is -4.71. The predicted molar refractivity (Wildman–Crippen MR) is 123 cm³/mol. The number of aromatic nitrogens is 5. The molecule has 3 heterocycles. The van der Waals surface area contributed by atoms with E-state index in [1.807, 2.05) is 12.1 Å². The van der Waals surface area contributed by atoms with E-state index >= 15 is 0 Å². The second kappa shape index (κ2) is 8.33. The van der Waals surface area contributed by atoms with Crippen molar-refractivity contribution in [3.05, 3.63) is 95.2 Å². The zero-order valence-electron chi connectivity index (χ0n) is 17.3. The third-order valence-electron chi connectivity index (χ3n) is 4.93. The van der Waals surface area contributed by atoms with Crippen molar-refractivity contribution in [1.82, 2.24) is 24.8 Å². The van der Waals surface area contributed by atoms with E-state index in [1.165, 1.54) is 18.2 Å². The van der Waals surface area contributed by atoms with E-state index in [4.69, 9.17) is 0 Å². The van der Waals surface area contributed by atoms with Crippen LogP contribution in [-0.2, 0) is 10.0 Å². The fourth-order valence-corrected chi connectivity index (χ4v) is 4.38. The van der Waals surface area contributed by atoms with Crippen molar-refractivity contribution in [2.45, 2.75) is 4.90 Å². The number of benzene rings is 2. The third-order valence-corrected chi connectivity index (χ3v) is 6.31. The van der Waals surface area contributed by atoms with E-state index < -0.39 is 14.9 Å². The van der Waals surface area contributed by atoms with Gasteiger partial charge in [0.2, 0.25) is 5.82 Å². The smallest absolute Gasteiger partial charge is 0.270 e. The number of non-ortho nitro benzene ring substituents is 1. The van der Waals surface area contributed by atoms with Gasteiger partial charge in [-0.15, -0.1) is 10.2 Å². The van der Waals surface area contributed by atoms with Gasteiger partial charge in [-0.2, -0.15) is 9.61 Å². The van der Waals surface area contributed by atoms with E-state index in [1.54, 1.807) is 53.2 Å². The lowest BCUT2D eigenvalue weighted by molar-refractivity contribution is -0.385. The van der Waals surface area contributed by atoms with Gasteiger partial charge in [-0.3, -0.25) is 19.8 Å². The summed E-state index contributed by atoms with van der Waals surface area (Å²) in [5.74, 6) is 0.499. The van der Waals surface area contributed by atoms with Crippen LogP contribution in [-0.4, -0.2) is 38.1 Å². The lowest BCUT2D eigenvalue weighted by Crippen LogP contribution is -2.13. The summed E-state index contributed by atoms with van der Waals surface area (Å²) in [6, 6.07) is 20.5. The maximum Gasteiger partial charge on any atom is 0.270 e. The molecule has 0 fully saturated rings. The second-order valence-corrected chi connectivity index (χ2v) is 8.85. The molecule has 0 aliphatic carbocycles. The first-order chi connectivity index (χ1) is 16.4. The molecule has 0 atom stereocenters. The first-order valence-corrected chi connectivity index (χ1v) is 11.4. The summed E-state index contributed by atoms with van der Waals surface area (Å²) in [6.07, 6.45) is 1.66. The molecule has 11 nitrogen and oxygen atoms in total. The molecule has 3 aromatic heterocycles. The predicted octanol–water partition coefficient (Wildman–Crippen LogP) is 3.56. The molecule has 0 bridgehead atoms. The standard InChI is InChI=1S/C22H15N7O4S/c30-29(31)17-4-3-5-18(14-17)34(32,33)27-16-9-7-15(8-10-16)19-11-12-21-24-25-22(28(21)26-19)20-6-1-2-13-23-20/h1-14,27H. The van der Waals surface area contributed by atoms with Gasteiger partial charge in [0.15, 0.2) is 5.65 Å². The third kappa shape index (κ3) is 4.04. The molecular formula is C22H15N7O4S. The zero-order chi connectivity index (χ0) is 23.7. The molecule has 1 N–H and O–H groups in total. The van der Waals surface area contributed by atoms with Crippen molar-refractivity contribution in [3.8, 4) is 22.8 Å². The van der Waals surface area contributed by atoms with Crippen molar-refractivity contribution < 1.29 is 13.3 Å². The SMILES string of the molecule is O=[N+]([O-])c1cccc(S(=O)(=O)Nc2ccc(-c3ccc4nnc(-c5ccccn5)n4n3)cc2)c1. The minimum Gasteiger partial charge on any atom is -0.280 e. The normalized spacial score (nSPS) is 11.4. The molecule has 168 valence electrons. The van der Waals surface area contributed by atoms with Crippen LogP contribution in [0.15, 0.2) is 90.0 Å². The molecule has 0 spiro atoms. The number of nitrogens with one attached hydrogen (secondary N) is 1. The highest BCUT2D eigenvalue weighted by atomic mass is 32.2. The summed E-state index contributed by atoms with van der Waals surface area (Å²) in [4.78, 5) is 14.4. The van der Waals surface area contributed by atoms with Crippen molar-refractivity contribution in [2.75, 3.05) is 4.72 Å². The van der Waals surface area contributed by atoms with Crippen LogP contribution in [0.25, 0.3) is 28.4 Å². The number of nitro benzene ring substituents is 1. The van der Waals surface area contributed by atoms with Crippen LogP contribution in [0.3, 0.4) is 0 Å². The van der Waals surface area contributed by atoms with Gasteiger partial charge in [0, 0.05) is 29.6 Å². The number of nitrogens with zero attached hydrogens (tertiary/aromatic N) is 6. The van der Waals surface area contributed by atoms with E-state index in [-0.39, 0.29) is 10.6 Å². The Morgan fingerprint density at radius 3 is 2.44 bits per heavy atom. The molecule has 2 aromatic carbocycles. The number of hydrogen-bond donors (Lipinski definition) is 1. The number of fused-ring (bicyclic) bond motifs is 1. The first-order valence-electron chi connectivity index (χ1n) is 9.92. The Bertz CT molecular complexity index is 1620. The van der Waals surface area contributed by atoms with Crippen LogP contribution in [0.5, 0.6) is 0 Å². The van der Waals surface area contributed by atoms with E-state index in [0.717, 1.165) is 11.6 Å². The number of anilines is 1.